The molecule has 0 aliphatic carbocycles. The zero-order valence-electron chi connectivity index (χ0n) is 15.5. The molecule has 2 heterocycles. The van der Waals surface area contributed by atoms with E-state index in [1.165, 1.54) is 36.6 Å². The Bertz CT molecular complexity index is 755. The van der Waals surface area contributed by atoms with Crippen molar-refractivity contribution in [3.8, 4) is 0 Å². The van der Waals surface area contributed by atoms with Crippen LogP contribution in [0.4, 0.5) is 4.79 Å². The lowest BCUT2D eigenvalue weighted by Gasteiger charge is -2.26. The fourth-order valence-electron chi connectivity index (χ4n) is 2.92. The average Bonchev–Trinajstić information content (AvgIpc) is 3.08. The summed E-state index contributed by atoms with van der Waals surface area (Å²) in [6.07, 6.45) is 5.82. The molecule has 4 N–H and O–H groups in total. The fraction of sp³-hybridized carbons (Fsp3) is 0.412. The summed E-state index contributed by atoms with van der Waals surface area (Å²) in [7, 11) is 1.43. The van der Waals surface area contributed by atoms with Gasteiger partial charge in [0.15, 0.2) is 0 Å². The second kappa shape index (κ2) is 9.44. The van der Waals surface area contributed by atoms with E-state index in [9.17, 15) is 19.2 Å². The third-order valence-corrected chi connectivity index (χ3v) is 4.14. The third kappa shape index (κ3) is 5.25. The van der Waals surface area contributed by atoms with Gasteiger partial charge in [0.1, 0.15) is 11.7 Å². The van der Waals surface area contributed by atoms with E-state index in [0.717, 1.165) is 4.90 Å². The molecule has 2 rings (SSSR count). The minimum absolute atomic E-state index is 0.0783. The summed E-state index contributed by atoms with van der Waals surface area (Å²) in [5, 5.41) is 5.30. The molecule has 11 heteroatoms. The molecule has 0 spiro atoms. The van der Waals surface area contributed by atoms with Crippen LogP contribution in [0, 0.1) is 0 Å². The van der Waals surface area contributed by atoms with Gasteiger partial charge in [0.25, 0.3) is 5.91 Å². The molecule has 0 aromatic carbocycles. The first-order valence-electron chi connectivity index (χ1n) is 8.59. The Morgan fingerprint density at radius 3 is 2.75 bits per heavy atom. The number of nitrogens with zero attached hydrogens (tertiary/aromatic N) is 4. The number of carbonyl (C=O) groups is 4. The molecule has 1 saturated heterocycles. The highest BCUT2D eigenvalue weighted by atomic mass is 16.2. The van der Waals surface area contributed by atoms with Crippen LogP contribution in [-0.2, 0) is 9.59 Å². The van der Waals surface area contributed by atoms with E-state index in [1.807, 2.05) is 0 Å². The molecule has 0 bridgehead atoms. The molecule has 5 amide bonds. The van der Waals surface area contributed by atoms with E-state index in [1.54, 1.807) is 0 Å². The number of primary amides is 1. The summed E-state index contributed by atoms with van der Waals surface area (Å²) < 4.78 is 0. The van der Waals surface area contributed by atoms with E-state index in [2.05, 4.69) is 27.2 Å². The maximum Gasteiger partial charge on any atom is 0.315 e. The lowest BCUT2D eigenvalue weighted by atomic mass is 10.1. The van der Waals surface area contributed by atoms with Crippen molar-refractivity contribution in [3.05, 3.63) is 36.9 Å². The fourth-order valence-corrected chi connectivity index (χ4v) is 2.92. The van der Waals surface area contributed by atoms with Gasteiger partial charge < -0.3 is 26.2 Å². The van der Waals surface area contributed by atoms with Crippen LogP contribution in [0.3, 0.4) is 0 Å². The monoisotopic (exact) mass is 389 g/mol. The normalized spacial score (nSPS) is 18.2. The number of likely N-dealkylation sites (N-methyl/N-ethyl adjacent to an activating group) is 1. The van der Waals surface area contributed by atoms with Crippen molar-refractivity contribution in [2.24, 2.45) is 5.73 Å². The minimum atomic E-state index is -0.872. The molecule has 0 saturated carbocycles. The zero-order chi connectivity index (χ0) is 20.7. The number of nitrogens with one attached hydrogen (secondary N) is 2. The molecular formula is C17H23N7O4. The van der Waals surface area contributed by atoms with Gasteiger partial charge in [-0.1, -0.05) is 6.08 Å². The Hall–Kier alpha value is -3.50. The largest absolute Gasteiger partial charge is 0.368 e. The van der Waals surface area contributed by atoms with Crippen LogP contribution in [0.2, 0.25) is 0 Å². The predicted octanol–water partition coefficient (Wildman–Crippen LogP) is -1.51. The van der Waals surface area contributed by atoms with Crippen LogP contribution in [0.1, 0.15) is 16.9 Å². The first kappa shape index (κ1) is 20.8. The maximum absolute atomic E-state index is 12.8. The lowest BCUT2D eigenvalue weighted by Crippen LogP contribution is -2.48. The molecular weight excluding hydrogens is 366 g/mol. The highest BCUT2D eigenvalue weighted by Gasteiger charge is 2.42. The molecule has 1 aliphatic heterocycles. The molecule has 1 fully saturated rings. The number of hydrogen-bond donors (Lipinski definition) is 3. The quantitative estimate of drug-likeness (QED) is 0.482. The second-order valence-corrected chi connectivity index (χ2v) is 6.30. The lowest BCUT2D eigenvalue weighted by molar-refractivity contribution is -0.137. The van der Waals surface area contributed by atoms with Crippen molar-refractivity contribution in [2.75, 3.05) is 26.7 Å². The Morgan fingerprint density at radius 2 is 2.14 bits per heavy atom. The summed E-state index contributed by atoms with van der Waals surface area (Å²) in [5.74, 6) is -1.61. The Kier molecular flexibility index (Phi) is 7.02. The van der Waals surface area contributed by atoms with Gasteiger partial charge in [0, 0.05) is 32.5 Å². The van der Waals surface area contributed by atoms with E-state index >= 15 is 0 Å². The molecule has 1 aliphatic rings. The van der Waals surface area contributed by atoms with Gasteiger partial charge in [-0.3, -0.25) is 19.4 Å². The van der Waals surface area contributed by atoms with Crippen molar-refractivity contribution in [1.82, 2.24) is 30.4 Å². The molecule has 2 atom stereocenters. The number of urea groups is 1. The van der Waals surface area contributed by atoms with E-state index in [0.29, 0.717) is 0 Å². The number of carbonyl (C=O) groups excluding carboxylic acids is 4. The summed E-state index contributed by atoms with van der Waals surface area (Å²) in [5.41, 5.74) is 5.23. The highest BCUT2D eigenvalue weighted by Crippen LogP contribution is 2.22. The summed E-state index contributed by atoms with van der Waals surface area (Å²) in [4.78, 5) is 59.0. The number of amides is 5. The second-order valence-electron chi connectivity index (χ2n) is 6.30. The van der Waals surface area contributed by atoms with Crippen LogP contribution < -0.4 is 16.4 Å². The number of hydrogen-bond acceptors (Lipinski definition) is 6. The van der Waals surface area contributed by atoms with Gasteiger partial charge in [-0.2, -0.15) is 0 Å². The van der Waals surface area contributed by atoms with E-state index in [-0.39, 0.29) is 31.7 Å². The Labute approximate surface area is 162 Å². The van der Waals surface area contributed by atoms with Crippen molar-refractivity contribution in [1.29, 1.82) is 0 Å². The van der Waals surface area contributed by atoms with Gasteiger partial charge >= 0.3 is 6.03 Å². The van der Waals surface area contributed by atoms with Crippen molar-refractivity contribution < 1.29 is 19.2 Å². The predicted molar refractivity (Wildman–Crippen MR) is 98.8 cm³/mol. The molecule has 150 valence electrons. The minimum Gasteiger partial charge on any atom is -0.368 e. The number of likely N-dealkylation sites (tertiary alicyclic amines) is 1. The van der Waals surface area contributed by atoms with E-state index < -0.39 is 35.8 Å². The Balaban J connectivity index is 2.18. The van der Waals surface area contributed by atoms with Crippen molar-refractivity contribution in [3.63, 3.8) is 0 Å². The van der Waals surface area contributed by atoms with Gasteiger partial charge in [-0.05, 0) is 6.42 Å². The maximum atomic E-state index is 12.8. The third-order valence-electron chi connectivity index (χ3n) is 4.14. The van der Waals surface area contributed by atoms with E-state index in [4.69, 9.17) is 5.73 Å². The standard InChI is InChI=1S/C17H23N7O4/c1-3-4-21-17(28)22-11-7-13(16(27)23(2)10-14(18)25)24(9-11)15(26)12-8-19-5-6-20-12/h3,5-6,8,11,13H,1,4,7,9-10H2,2H3,(H2,18,25)(H2,21,22,28)/t11-,13+/m0/s1. The van der Waals surface area contributed by atoms with Gasteiger partial charge in [0.2, 0.25) is 11.8 Å². The highest BCUT2D eigenvalue weighted by molar-refractivity contribution is 5.97. The molecule has 28 heavy (non-hydrogen) atoms. The van der Waals surface area contributed by atoms with Gasteiger partial charge in [-0.25, -0.2) is 9.78 Å². The number of aromatic nitrogens is 2. The van der Waals surface area contributed by atoms with Crippen LogP contribution in [-0.4, -0.2) is 82.3 Å². The average molecular weight is 389 g/mol. The number of rotatable bonds is 7. The zero-order valence-corrected chi connectivity index (χ0v) is 15.5. The summed E-state index contributed by atoms with van der Waals surface area (Å²) in [6, 6.07) is -1.76. The molecule has 1 aromatic rings. The van der Waals surface area contributed by atoms with Crippen LogP contribution in [0.5, 0.6) is 0 Å². The van der Waals surface area contributed by atoms with Crippen LogP contribution in [0.25, 0.3) is 0 Å². The smallest absolute Gasteiger partial charge is 0.315 e. The molecule has 0 radical (unpaired) electrons. The van der Waals surface area contributed by atoms with Crippen molar-refractivity contribution >= 4 is 23.8 Å². The van der Waals surface area contributed by atoms with Crippen LogP contribution >= 0.6 is 0 Å². The molecule has 11 nitrogen and oxygen atoms in total. The summed E-state index contributed by atoms with van der Waals surface area (Å²) in [6.45, 7) is 3.63. The topological polar surface area (TPSA) is 151 Å². The number of nitrogens with two attached hydrogens (primary N) is 1. The Morgan fingerprint density at radius 1 is 1.39 bits per heavy atom. The van der Waals surface area contributed by atoms with Gasteiger partial charge in [-0.15, -0.1) is 6.58 Å². The van der Waals surface area contributed by atoms with Gasteiger partial charge in [0.05, 0.1) is 18.8 Å². The first-order valence-corrected chi connectivity index (χ1v) is 8.59. The SMILES string of the molecule is C=CCNC(=O)N[C@H]1C[C@H](C(=O)N(C)CC(N)=O)N(C(=O)c2cnccn2)C1. The van der Waals surface area contributed by atoms with Crippen LogP contribution in [0.15, 0.2) is 31.2 Å². The molecule has 1 aromatic heterocycles. The summed E-state index contributed by atoms with van der Waals surface area (Å²) >= 11 is 0. The first-order chi connectivity index (χ1) is 13.3. The van der Waals surface area contributed by atoms with Crippen molar-refractivity contribution in [2.45, 2.75) is 18.5 Å². The molecule has 0 unspecified atom stereocenters.